The fourth-order valence-corrected chi connectivity index (χ4v) is 6.16. The minimum absolute atomic E-state index is 0.116. The Morgan fingerprint density at radius 3 is 2.43 bits per heavy atom. The van der Waals surface area contributed by atoms with Crippen molar-refractivity contribution in [2.45, 2.75) is 50.7 Å². The molecule has 2 atom stereocenters. The Kier molecular flexibility index (Phi) is 7.71. The lowest BCUT2D eigenvalue weighted by molar-refractivity contribution is -0.128. The van der Waals surface area contributed by atoms with Crippen LogP contribution in [0, 0.1) is 6.92 Å². The number of rotatable bonds is 7. The molecule has 0 saturated carbocycles. The van der Waals surface area contributed by atoms with Crippen LogP contribution in [0.4, 0.5) is 5.69 Å². The molecule has 4 rings (SSSR count). The number of benzene rings is 3. The molecular formula is C28H31ClN2O5S. The first-order chi connectivity index (χ1) is 17.5. The lowest BCUT2D eigenvalue weighted by atomic mass is 9.93. The van der Waals surface area contributed by atoms with E-state index in [9.17, 15) is 13.2 Å². The summed E-state index contributed by atoms with van der Waals surface area (Å²) in [6, 6.07) is 16.5. The van der Waals surface area contributed by atoms with E-state index in [0.29, 0.717) is 10.7 Å². The van der Waals surface area contributed by atoms with Gasteiger partial charge in [0.05, 0.1) is 30.3 Å². The first kappa shape index (κ1) is 26.8. The van der Waals surface area contributed by atoms with Gasteiger partial charge in [-0.2, -0.15) is 0 Å². The number of hydrogen-bond acceptors (Lipinski definition) is 5. The van der Waals surface area contributed by atoms with Crippen LogP contribution in [-0.2, 0) is 14.8 Å². The molecule has 0 saturated heterocycles. The summed E-state index contributed by atoms with van der Waals surface area (Å²) in [5.74, 6) is 0.898. The SMILES string of the molecule is COc1cc(C)c([C@H](C)NC(=O)[C@H]2CN(S(=O)(=O)c3ccccc3)c3cc(Cl)ccc3O2)cc1C(C)C. The lowest BCUT2D eigenvalue weighted by Gasteiger charge is -2.35. The number of ether oxygens (including phenoxy) is 2. The molecule has 0 spiro atoms. The van der Waals surface area contributed by atoms with Gasteiger partial charge in [0.1, 0.15) is 11.5 Å². The molecule has 1 N–H and O–H groups in total. The molecule has 1 aliphatic heterocycles. The van der Waals surface area contributed by atoms with Gasteiger partial charge in [0.2, 0.25) is 0 Å². The predicted molar refractivity (Wildman–Crippen MR) is 145 cm³/mol. The molecule has 0 aromatic heterocycles. The van der Waals surface area contributed by atoms with Crippen LogP contribution in [0.3, 0.4) is 0 Å². The number of nitrogens with one attached hydrogen (secondary N) is 1. The molecule has 7 nitrogen and oxygen atoms in total. The number of hydrogen-bond donors (Lipinski definition) is 1. The third kappa shape index (κ3) is 5.40. The van der Waals surface area contributed by atoms with Gasteiger partial charge in [0.15, 0.2) is 6.10 Å². The highest BCUT2D eigenvalue weighted by atomic mass is 35.5. The van der Waals surface area contributed by atoms with Crippen LogP contribution in [0.1, 0.15) is 49.4 Å². The summed E-state index contributed by atoms with van der Waals surface area (Å²) in [7, 11) is -2.32. The van der Waals surface area contributed by atoms with Gasteiger partial charge in [-0.3, -0.25) is 9.10 Å². The van der Waals surface area contributed by atoms with Crippen LogP contribution < -0.4 is 19.1 Å². The van der Waals surface area contributed by atoms with Crippen LogP contribution in [0.5, 0.6) is 11.5 Å². The number of carbonyl (C=O) groups excluding carboxylic acids is 1. The van der Waals surface area contributed by atoms with E-state index in [4.69, 9.17) is 21.1 Å². The number of anilines is 1. The highest BCUT2D eigenvalue weighted by molar-refractivity contribution is 7.92. The van der Waals surface area contributed by atoms with E-state index in [1.54, 1.807) is 37.4 Å². The molecule has 1 amide bonds. The van der Waals surface area contributed by atoms with Crippen molar-refractivity contribution in [2.24, 2.45) is 0 Å². The average molecular weight is 543 g/mol. The van der Waals surface area contributed by atoms with Crippen molar-refractivity contribution in [2.75, 3.05) is 18.0 Å². The molecule has 3 aromatic rings. The molecule has 1 aliphatic rings. The van der Waals surface area contributed by atoms with Crippen LogP contribution in [-0.4, -0.2) is 34.1 Å². The van der Waals surface area contributed by atoms with E-state index >= 15 is 0 Å². The number of aryl methyl sites for hydroxylation is 1. The first-order valence-electron chi connectivity index (χ1n) is 12.1. The minimum Gasteiger partial charge on any atom is -0.496 e. The number of halogens is 1. The van der Waals surface area contributed by atoms with Crippen molar-refractivity contribution in [3.05, 3.63) is 82.4 Å². The number of fused-ring (bicyclic) bond motifs is 1. The highest BCUT2D eigenvalue weighted by Crippen LogP contribution is 2.39. The predicted octanol–water partition coefficient (Wildman–Crippen LogP) is 5.61. The normalized spacial score (nSPS) is 16.1. The first-order valence-corrected chi connectivity index (χ1v) is 13.9. The molecule has 0 aliphatic carbocycles. The van der Waals surface area contributed by atoms with Gasteiger partial charge >= 0.3 is 0 Å². The summed E-state index contributed by atoms with van der Waals surface area (Å²) in [6.07, 6.45) is -1.06. The van der Waals surface area contributed by atoms with Crippen LogP contribution in [0.15, 0.2) is 65.6 Å². The Bertz CT molecular complexity index is 1410. The Hall–Kier alpha value is -3.23. The quantitative estimate of drug-likeness (QED) is 0.419. The maximum atomic E-state index is 13.6. The number of nitrogens with zero attached hydrogens (tertiary/aromatic N) is 1. The van der Waals surface area contributed by atoms with Crippen LogP contribution in [0.2, 0.25) is 5.02 Å². The fourth-order valence-electron chi connectivity index (χ4n) is 4.50. The zero-order chi connectivity index (χ0) is 26.9. The minimum atomic E-state index is -3.97. The molecule has 196 valence electrons. The van der Waals surface area contributed by atoms with E-state index in [-0.39, 0.29) is 29.1 Å². The van der Waals surface area contributed by atoms with Crippen molar-refractivity contribution in [1.29, 1.82) is 0 Å². The van der Waals surface area contributed by atoms with E-state index in [1.165, 1.54) is 22.5 Å². The largest absolute Gasteiger partial charge is 0.496 e. The Morgan fingerprint density at radius 2 is 1.78 bits per heavy atom. The molecule has 9 heteroatoms. The molecule has 3 aromatic carbocycles. The number of carbonyl (C=O) groups is 1. The van der Waals surface area contributed by atoms with E-state index < -0.39 is 22.0 Å². The maximum absolute atomic E-state index is 13.6. The summed E-state index contributed by atoms with van der Waals surface area (Å²) in [6.45, 7) is 7.84. The van der Waals surface area contributed by atoms with Gasteiger partial charge < -0.3 is 14.8 Å². The second-order valence-corrected chi connectivity index (χ2v) is 11.7. The highest BCUT2D eigenvalue weighted by Gasteiger charge is 2.38. The summed E-state index contributed by atoms with van der Waals surface area (Å²) in [4.78, 5) is 13.5. The van der Waals surface area contributed by atoms with Gasteiger partial charge in [-0.25, -0.2) is 8.42 Å². The van der Waals surface area contributed by atoms with Gasteiger partial charge in [-0.1, -0.05) is 43.6 Å². The molecule has 37 heavy (non-hydrogen) atoms. The van der Waals surface area contributed by atoms with E-state index in [2.05, 4.69) is 25.2 Å². The number of sulfonamides is 1. The summed E-state index contributed by atoms with van der Waals surface area (Å²) < 4.78 is 39.8. The topological polar surface area (TPSA) is 84.9 Å². The van der Waals surface area contributed by atoms with Crippen molar-refractivity contribution in [3.8, 4) is 11.5 Å². The zero-order valence-electron chi connectivity index (χ0n) is 21.5. The van der Waals surface area contributed by atoms with Crippen LogP contribution >= 0.6 is 11.6 Å². The Morgan fingerprint density at radius 1 is 1.08 bits per heavy atom. The second kappa shape index (κ2) is 10.6. The van der Waals surface area contributed by atoms with Crippen molar-refractivity contribution in [3.63, 3.8) is 0 Å². The van der Waals surface area contributed by atoms with Gasteiger partial charge in [0.25, 0.3) is 15.9 Å². The molecular weight excluding hydrogens is 512 g/mol. The molecule has 0 unspecified atom stereocenters. The molecule has 0 radical (unpaired) electrons. The van der Waals surface area contributed by atoms with Crippen molar-refractivity contribution < 1.29 is 22.7 Å². The molecule has 1 heterocycles. The number of methoxy groups -OCH3 is 1. The fraction of sp³-hybridized carbons (Fsp3) is 0.321. The van der Waals surface area contributed by atoms with Crippen LogP contribution in [0.25, 0.3) is 0 Å². The Balaban J connectivity index is 1.64. The maximum Gasteiger partial charge on any atom is 0.264 e. The van der Waals surface area contributed by atoms with Gasteiger partial charge in [-0.05, 0) is 78.9 Å². The molecule has 0 bridgehead atoms. The van der Waals surface area contributed by atoms with Gasteiger partial charge in [0, 0.05) is 5.02 Å². The average Bonchev–Trinajstić information content (AvgIpc) is 2.87. The third-order valence-electron chi connectivity index (χ3n) is 6.48. The lowest BCUT2D eigenvalue weighted by Crippen LogP contribution is -2.51. The summed E-state index contributed by atoms with van der Waals surface area (Å²) in [5.41, 5.74) is 3.27. The third-order valence-corrected chi connectivity index (χ3v) is 8.51. The monoisotopic (exact) mass is 542 g/mol. The summed E-state index contributed by atoms with van der Waals surface area (Å²) in [5, 5.41) is 3.38. The van der Waals surface area contributed by atoms with Gasteiger partial charge in [-0.15, -0.1) is 0 Å². The standard InChI is InChI=1S/C28H31ClN2O5S/c1-17(2)22-15-23(18(3)13-26(22)35-5)19(4)30-28(32)27-16-31(24-14-20(29)11-12-25(24)36-27)37(33,34)21-9-7-6-8-10-21/h6-15,17,19,27H,16H2,1-5H3,(H,30,32)/t19-,27+/m0/s1. The van der Waals surface area contributed by atoms with E-state index in [0.717, 1.165) is 22.4 Å². The smallest absolute Gasteiger partial charge is 0.264 e. The van der Waals surface area contributed by atoms with E-state index in [1.807, 2.05) is 19.9 Å². The number of amides is 1. The second-order valence-electron chi connectivity index (χ2n) is 9.40. The van der Waals surface area contributed by atoms with Crippen molar-refractivity contribution >= 4 is 33.2 Å². The summed E-state index contributed by atoms with van der Waals surface area (Å²) >= 11 is 6.18. The molecule has 0 fully saturated rings. The Labute approximate surface area is 223 Å². The zero-order valence-corrected chi connectivity index (χ0v) is 23.1. The van der Waals surface area contributed by atoms with Crippen molar-refractivity contribution in [1.82, 2.24) is 5.32 Å².